The Morgan fingerprint density at radius 3 is 2.45 bits per heavy atom. The Morgan fingerprint density at radius 2 is 1.80 bits per heavy atom. The van der Waals surface area contributed by atoms with Gasteiger partial charge in [0.1, 0.15) is 0 Å². The van der Waals surface area contributed by atoms with Crippen LogP contribution in [0.15, 0.2) is 30.3 Å². The zero-order valence-corrected chi connectivity index (χ0v) is 12.7. The van der Waals surface area contributed by atoms with Crippen molar-refractivity contribution in [1.29, 1.82) is 0 Å². The molecule has 0 bridgehead atoms. The van der Waals surface area contributed by atoms with E-state index in [4.69, 9.17) is 4.74 Å². The minimum Gasteiger partial charge on any atom is -0.465 e. The van der Waals surface area contributed by atoms with Crippen LogP contribution in [-0.2, 0) is 9.53 Å². The Morgan fingerprint density at radius 1 is 1.10 bits per heavy atom. The lowest BCUT2D eigenvalue weighted by Crippen LogP contribution is -2.23. The van der Waals surface area contributed by atoms with Crippen LogP contribution in [0.5, 0.6) is 0 Å². The van der Waals surface area contributed by atoms with Gasteiger partial charge in [-0.2, -0.15) is 0 Å². The van der Waals surface area contributed by atoms with E-state index < -0.39 is 5.41 Å². The number of benzene rings is 1. The van der Waals surface area contributed by atoms with Crippen molar-refractivity contribution in [1.82, 2.24) is 0 Å². The molecule has 0 radical (unpaired) electrons. The first kappa shape index (κ1) is 16.3. The maximum atomic E-state index is 11.5. The van der Waals surface area contributed by atoms with E-state index in [0.717, 1.165) is 31.2 Å². The molecule has 1 rings (SSSR count). The molecule has 0 unspecified atom stereocenters. The summed E-state index contributed by atoms with van der Waals surface area (Å²) in [5.74, 6) is 6.18. The Labute approximate surface area is 122 Å². The second kappa shape index (κ2) is 8.43. The first-order valence-corrected chi connectivity index (χ1v) is 7.21. The predicted octanol–water partition coefficient (Wildman–Crippen LogP) is 4.19. The van der Waals surface area contributed by atoms with Crippen molar-refractivity contribution in [3.8, 4) is 11.8 Å². The summed E-state index contributed by atoms with van der Waals surface area (Å²) < 4.78 is 5.21. The smallest absolute Gasteiger partial charge is 0.311 e. The molecule has 0 fully saturated rings. The van der Waals surface area contributed by atoms with Crippen LogP contribution in [0.4, 0.5) is 0 Å². The lowest BCUT2D eigenvalue weighted by atomic mass is 9.97. The molecule has 108 valence electrons. The van der Waals surface area contributed by atoms with Crippen molar-refractivity contribution < 1.29 is 9.53 Å². The maximum Gasteiger partial charge on any atom is 0.311 e. The zero-order chi connectivity index (χ0) is 14.8. The van der Waals surface area contributed by atoms with Gasteiger partial charge in [0.25, 0.3) is 0 Å². The predicted molar refractivity (Wildman–Crippen MR) is 82.2 cm³/mol. The summed E-state index contributed by atoms with van der Waals surface area (Å²) in [6, 6.07) is 10.0. The molecule has 0 amide bonds. The van der Waals surface area contributed by atoms with E-state index in [9.17, 15) is 4.79 Å². The summed E-state index contributed by atoms with van der Waals surface area (Å²) >= 11 is 0. The van der Waals surface area contributed by atoms with Crippen LogP contribution in [0.2, 0.25) is 0 Å². The van der Waals surface area contributed by atoms with Gasteiger partial charge in [-0.15, -0.1) is 0 Å². The molecule has 1 aromatic rings. The zero-order valence-electron chi connectivity index (χ0n) is 12.7. The van der Waals surface area contributed by atoms with Gasteiger partial charge in [-0.1, -0.05) is 30.0 Å². The van der Waals surface area contributed by atoms with E-state index >= 15 is 0 Å². The molecule has 0 N–H and O–H groups in total. The number of esters is 1. The highest BCUT2D eigenvalue weighted by Gasteiger charge is 2.22. The molecule has 0 aromatic heterocycles. The Balaban J connectivity index is 2.06. The van der Waals surface area contributed by atoms with Crippen LogP contribution in [0.3, 0.4) is 0 Å². The average Bonchev–Trinajstić information content (AvgIpc) is 2.41. The second-order valence-electron chi connectivity index (χ2n) is 5.86. The monoisotopic (exact) mass is 272 g/mol. The summed E-state index contributed by atoms with van der Waals surface area (Å²) in [4.78, 5) is 11.5. The Kier molecular flexibility index (Phi) is 6.87. The topological polar surface area (TPSA) is 26.3 Å². The fourth-order valence-corrected chi connectivity index (χ4v) is 1.56. The summed E-state index contributed by atoms with van der Waals surface area (Å²) in [5, 5.41) is 0. The van der Waals surface area contributed by atoms with Crippen LogP contribution >= 0.6 is 0 Å². The average molecular weight is 272 g/mol. The van der Waals surface area contributed by atoms with Crippen LogP contribution < -0.4 is 0 Å². The van der Waals surface area contributed by atoms with E-state index in [0.29, 0.717) is 6.61 Å². The van der Waals surface area contributed by atoms with Crippen molar-refractivity contribution >= 4 is 5.97 Å². The molecule has 0 aliphatic heterocycles. The van der Waals surface area contributed by atoms with Gasteiger partial charge >= 0.3 is 5.97 Å². The van der Waals surface area contributed by atoms with Crippen molar-refractivity contribution in [3.63, 3.8) is 0 Å². The summed E-state index contributed by atoms with van der Waals surface area (Å²) in [5.41, 5.74) is 0.660. The molecule has 2 heteroatoms. The van der Waals surface area contributed by atoms with Gasteiger partial charge in [0.05, 0.1) is 12.0 Å². The fourth-order valence-electron chi connectivity index (χ4n) is 1.56. The van der Waals surface area contributed by atoms with Crippen molar-refractivity contribution in [2.45, 2.75) is 46.5 Å². The molecule has 0 saturated carbocycles. The quantitative estimate of drug-likeness (QED) is 0.456. The third-order valence-corrected chi connectivity index (χ3v) is 2.80. The van der Waals surface area contributed by atoms with Gasteiger partial charge in [0, 0.05) is 12.0 Å². The summed E-state index contributed by atoms with van der Waals surface area (Å²) in [7, 11) is 0. The Hall–Kier alpha value is -1.75. The molecule has 0 saturated heterocycles. The van der Waals surface area contributed by atoms with Crippen molar-refractivity contribution in [3.05, 3.63) is 35.9 Å². The van der Waals surface area contributed by atoms with E-state index in [1.165, 1.54) is 0 Å². The van der Waals surface area contributed by atoms with E-state index in [1.54, 1.807) is 0 Å². The van der Waals surface area contributed by atoms with Gasteiger partial charge in [0.15, 0.2) is 0 Å². The molecular weight excluding hydrogens is 248 g/mol. The normalized spacial score (nSPS) is 10.6. The molecule has 0 aliphatic rings. The van der Waals surface area contributed by atoms with Gasteiger partial charge in [-0.05, 0) is 52.2 Å². The number of hydrogen-bond donors (Lipinski definition) is 0. The number of rotatable bonds is 5. The largest absolute Gasteiger partial charge is 0.465 e. The maximum absolute atomic E-state index is 11.5. The summed E-state index contributed by atoms with van der Waals surface area (Å²) in [6.45, 7) is 6.12. The van der Waals surface area contributed by atoms with E-state index in [-0.39, 0.29) is 5.97 Å². The van der Waals surface area contributed by atoms with Gasteiger partial charge in [-0.3, -0.25) is 4.79 Å². The lowest BCUT2D eigenvalue weighted by Gasteiger charge is -2.16. The van der Waals surface area contributed by atoms with Crippen LogP contribution in [-0.4, -0.2) is 12.6 Å². The van der Waals surface area contributed by atoms with Crippen LogP contribution in [0.1, 0.15) is 52.0 Å². The fraction of sp³-hybridized carbons (Fsp3) is 0.500. The lowest BCUT2D eigenvalue weighted by molar-refractivity contribution is -0.153. The highest BCUT2D eigenvalue weighted by atomic mass is 16.5. The Bertz CT molecular complexity index is 458. The highest BCUT2D eigenvalue weighted by molar-refractivity contribution is 5.75. The molecule has 0 aliphatic carbocycles. The van der Waals surface area contributed by atoms with Gasteiger partial charge in [-0.25, -0.2) is 0 Å². The number of ether oxygens (including phenoxy) is 1. The SMILES string of the molecule is CC(C)(C)C(=O)OCCCCCC#Cc1ccccc1. The third-order valence-electron chi connectivity index (χ3n) is 2.80. The molecule has 0 atom stereocenters. The minimum absolute atomic E-state index is 0.124. The number of carbonyl (C=O) groups excluding carboxylic acids is 1. The number of hydrogen-bond acceptors (Lipinski definition) is 2. The van der Waals surface area contributed by atoms with Crippen molar-refractivity contribution in [2.75, 3.05) is 6.61 Å². The third kappa shape index (κ3) is 6.99. The van der Waals surface area contributed by atoms with Crippen LogP contribution in [0.25, 0.3) is 0 Å². The molecule has 0 heterocycles. The van der Waals surface area contributed by atoms with Crippen LogP contribution in [0, 0.1) is 17.3 Å². The minimum atomic E-state index is -0.402. The van der Waals surface area contributed by atoms with Gasteiger partial charge in [0.2, 0.25) is 0 Å². The molecule has 0 spiro atoms. The highest BCUT2D eigenvalue weighted by Crippen LogP contribution is 2.15. The second-order valence-corrected chi connectivity index (χ2v) is 5.86. The number of unbranched alkanes of at least 4 members (excludes halogenated alkanes) is 3. The summed E-state index contributed by atoms with van der Waals surface area (Å²) in [6.07, 6.45) is 3.89. The number of carbonyl (C=O) groups is 1. The molecule has 1 aromatic carbocycles. The first-order chi connectivity index (χ1) is 9.50. The van der Waals surface area contributed by atoms with E-state index in [1.807, 2.05) is 51.1 Å². The molecule has 20 heavy (non-hydrogen) atoms. The molecular formula is C18H24O2. The standard InChI is InChI=1S/C18H24O2/c1-18(2,3)17(19)20-15-11-6-4-5-8-12-16-13-9-7-10-14-16/h7,9-10,13-14H,4-6,11,15H2,1-3H3. The molecule has 2 nitrogen and oxygen atoms in total. The van der Waals surface area contributed by atoms with E-state index in [2.05, 4.69) is 11.8 Å². The van der Waals surface area contributed by atoms with Crippen molar-refractivity contribution in [2.24, 2.45) is 5.41 Å². The first-order valence-electron chi connectivity index (χ1n) is 7.21. The van der Waals surface area contributed by atoms with Gasteiger partial charge < -0.3 is 4.74 Å².